The summed E-state index contributed by atoms with van der Waals surface area (Å²) < 4.78 is 0. The molecule has 0 bridgehead atoms. The SMILES string of the molecule is NC1CCCCCC1CN1CCC2(O)CCCCC2C1. The van der Waals surface area contributed by atoms with Crippen LogP contribution < -0.4 is 5.73 Å². The molecule has 1 aliphatic heterocycles. The molecule has 2 saturated carbocycles. The maximum Gasteiger partial charge on any atom is 0.0700 e. The Morgan fingerprint density at radius 3 is 2.70 bits per heavy atom. The van der Waals surface area contributed by atoms with Crippen LogP contribution in [0, 0.1) is 11.8 Å². The quantitative estimate of drug-likeness (QED) is 0.764. The summed E-state index contributed by atoms with van der Waals surface area (Å²) in [5, 5.41) is 10.8. The number of likely N-dealkylation sites (tertiary alicyclic amines) is 1. The molecule has 1 heterocycles. The van der Waals surface area contributed by atoms with Crippen LogP contribution in [0.4, 0.5) is 0 Å². The van der Waals surface area contributed by atoms with Crippen LogP contribution in [-0.4, -0.2) is 41.3 Å². The third-order valence-electron chi connectivity index (χ3n) is 6.22. The lowest BCUT2D eigenvalue weighted by atomic mass is 9.71. The number of hydrogen-bond acceptors (Lipinski definition) is 3. The number of rotatable bonds is 2. The molecule has 0 aromatic rings. The van der Waals surface area contributed by atoms with E-state index in [4.69, 9.17) is 5.73 Å². The molecule has 0 spiro atoms. The Labute approximate surface area is 123 Å². The van der Waals surface area contributed by atoms with Crippen molar-refractivity contribution >= 4 is 0 Å². The van der Waals surface area contributed by atoms with Gasteiger partial charge in [-0.2, -0.15) is 0 Å². The van der Waals surface area contributed by atoms with E-state index in [1.165, 1.54) is 57.9 Å². The molecule has 116 valence electrons. The van der Waals surface area contributed by atoms with Crippen LogP contribution in [0.15, 0.2) is 0 Å². The van der Waals surface area contributed by atoms with E-state index in [0.717, 1.165) is 25.9 Å². The Hall–Kier alpha value is -0.120. The summed E-state index contributed by atoms with van der Waals surface area (Å²) in [5.74, 6) is 1.21. The molecule has 0 aromatic carbocycles. The normalized spacial score (nSPS) is 43.8. The van der Waals surface area contributed by atoms with Crippen molar-refractivity contribution in [3.05, 3.63) is 0 Å². The summed E-state index contributed by atoms with van der Waals surface area (Å²) in [7, 11) is 0. The van der Waals surface area contributed by atoms with Gasteiger partial charge in [0.05, 0.1) is 5.60 Å². The Bertz CT molecular complexity index is 322. The number of hydrogen-bond donors (Lipinski definition) is 2. The summed E-state index contributed by atoms with van der Waals surface area (Å²) in [5.41, 5.74) is 6.04. The highest BCUT2D eigenvalue weighted by Crippen LogP contribution is 2.40. The molecule has 0 amide bonds. The minimum absolute atomic E-state index is 0.333. The first-order valence-corrected chi connectivity index (χ1v) is 8.88. The molecule has 0 radical (unpaired) electrons. The van der Waals surface area contributed by atoms with Gasteiger partial charge in [0.2, 0.25) is 0 Å². The lowest BCUT2D eigenvalue weighted by Crippen LogP contribution is -2.54. The smallest absolute Gasteiger partial charge is 0.0700 e. The highest BCUT2D eigenvalue weighted by Gasteiger charge is 2.43. The molecule has 2 aliphatic carbocycles. The Kier molecular flexibility index (Phi) is 4.68. The van der Waals surface area contributed by atoms with E-state index in [-0.39, 0.29) is 5.60 Å². The molecular formula is C17H32N2O. The van der Waals surface area contributed by atoms with Crippen molar-refractivity contribution in [1.82, 2.24) is 4.90 Å². The summed E-state index contributed by atoms with van der Waals surface area (Å²) in [6, 6.07) is 0.407. The second kappa shape index (κ2) is 6.33. The van der Waals surface area contributed by atoms with Crippen molar-refractivity contribution < 1.29 is 5.11 Å². The Balaban J connectivity index is 1.56. The number of fused-ring (bicyclic) bond motifs is 1. The van der Waals surface area contributed by atoms with E-state index in [2.05, 4.69) is 4.90 Å². The number of nitrogens with zero attached hydrogens (tertiary/aromatic N) is 1. The van der Waals surface area contributed by atoms with E-state index in [1.807, 2.05) is 0 Å². The summed E-state index contributed by atoms with van der Waals surface area (Å²) in [6.45, 7) is 3.36. The predicted octanol–water partition coefficient (Wildman–Crippen LogP) is 2.52. The average Bonchev–Trinajstić information content (AvgIpc) is 2.64. The molecule has 3 N–H and O–H groups in total. The van der Waals surface area contributed by atoms with Gasteiger partial charge in [-0.05, 0) is 38.0 Å². The molecule has 3 aliphatic rings. The van der Waals surface area contributed by atoms with Crippen molar-refractivity contribution in [1.29, 1.82) is 0 Å². The van der Waals surface area contributed by atoms with Gasteiger partial charge in [0.15, 0.2) is 0 Å². The molecule has 4 atom stereocenters. The summed E-state index contributed by atoms with van der Waals surface area (Å²) in [4.78, 5) is 2.61. The molecule has 3 fully saturated rings. The molecule has 3 nitrogen and oxygen atoms in total. The molecule has 3 rings (SSSR count). The lowest BCUT2D eigenvalue weighted by Gasteiger charge is -2.48. The maximum atomic E-state index is 10.8. The van der Waals surface area contributed by atoms with Crippen LogP contribution in [-0.2, 0) is 0 Å². The summed E-state index contributed by atoms with van der Waals surface area (Å²) in [6.07, 6.45) is 12.4. The van der Waals surface area contributed by atoms with E-state index in [1.54, 1.807) is 0 Å². The largest absolute Gasteiger partial charge is 0.390 e. The second-order valence-corrected chi connectivity index (χ2v) is 7.62. The third kappa shape index (κ3) is 3.20. The zero-order chi connectivity index (χ0) is 14.0. The molecular weight excluding hydrogens is 248 g/mol. The zero-order valence-corrected chi connectivity index (χ0v) is 12.9. The molecule has 4 unspecified atom stereocenters. The monoisotopic (exact) mass is 280 g/mol. The summed E-state index contributed by atoms with van der Waals surface area (Å²) >= 11 is 0. The van der Waals surface area contributed by atoms with E-state index in [0.29, 0.717) is 17.9 Å². The zero-order valence-electron chi connectivity index (χ0n) is 12.9. The number of piperidine rings is 1. The van der Waals surface area contributed by atoms with E-state index >= 15 is 0 Å². The van der Waals surface area contributed by atoms with Gasteiger partial charge in [-0.1, -0.05) is 32.1 Å². The van der Waals surface area contributed by atoms with Crippen LogP contribution in [0.5, 0.6) is 0 Å². The van der Waals surface area contributed by atoms with Crippen LogP contribution in [0.25, 0.3) is 0 Å². The molecule has 3 heteroatoms. The first kappa shape index (κ1) is 14.8. The first-order valence-electron chi connectivity index (χ1n) is 8.88. The average molecular weight is 280 g/mol. The van der Waals surface area contributed by atoms with Crippen molar-refractivity contribution in [2.45, 2.75) is 75.9 Å². The fourth-order valence-electron chi connectivity index (χ4n) is 4.78. The van der Waals surface area contributed by atoms with E-state index in [9.17, 15) is 5.11 Å². The van der Waals surface area contributed by atoms with Gasteiger partial charge >= 0.3 is 0 Å². The Morgan fingerprint density at radius 1 is 1.00 bits per heavy atom. The fourth-order valence-corrected chi connectivity index (χ4v) is 4.78. The third-order valence-corrected chi connectivity index (χ3v) is 6.22. The fraction of sp³-hybridized carbons (Fsp3) is 1.00. The maximum absolute atomic E-state index is 10.8. The topological polar surface area (TPSA) is 49.5 Å². The molecule has 20 heavy (non-hydrogen) atoms. The van der Waals surface area contributed by atoms with Crippen molar-refractivity contribution in [2.24, 2.45) is 17.6 Å². The van der Waals surface area contributed by atoms with Gasteiger partial charge in [0.1, 0.15) is 0 Å². The van der Waals surface area contributed by atoms with Crippen molar-refractivity contribution in [3.8, 4) is 0 Å². The van der Waals surface area contributed by atoms with Crippen LogP contribution >= 0.6 is 0 Å². The second-order valence-electron chi connectivity index (χ2n) is 7.62. The Morgan fingerprint density at radius 2 is 1.80 bits per heavy atom. The van der Waals surface area contributed by atoms with Gasteiger partial charge in [0.25, 0.3) is 0 Å². The molecule has 1 saturated heterocycles. The molecule has 0 aromatic heterocycles. The van der Waals surface area contributed by atoms with Gasteiger partial charge in [-0.15, -0.1) is 0 Å². The highest BCUT2D eigenvalue weighted by molar-refractivity contribution is 4.96. The van der Waals surface area contributed by atoms with Gasteiger partial charge in [-0.3, -0.25) is 0 Å². The van der Waals surface area contributed by atoms with E-state index < -0.39 is 0 Å². The highest BCUT2D eigenvalue weighted by atomic mass is 16.3. The van der Waals surface area contributed by atoms with Crippen LogP contribution in [0.2, 0.25) is 0 Å². The predicted molar refractivity (Wildman–Crippen MR) is 82.5 cm³/mol. The van der Waals surface area contributed by atoms with Gasteiger partial charge < -0.3 is 15.7 Å². The van der Waals surface area contributed by atoms with Gasteiger partial charge in [-0.25, -0.2) is 0 Å². The lowest BCUT2D eigenvalue weighted by molar-refractivity contribution is -0.0976. The minimum atomic E-state index is -0.333. The van der Waals surface area contributed by atoms with Gasteiger partial charge in [0, 0.05) is 31.6 Å². The number of nitrogens with two attached hydrogens (primary N) is 1. The standard InChI is InChI=1S/C17H32N2O/c18-16-8-3-1-2-6-14(16)12-19-11-10-17(20)9-5-4-7-15(17)13-19/h14-16,20H,1-13,18H2. The number of aliphatic hydroxyl groups is 1. The van der Waals surface area contributed by atoms with Crippen molar-refractivity contribution in [2.75, 3.05) is 19.6 Å². The minimum Gasteiger partial charge on any atom is -0.390 e. The van der Waals surface area contributed by atoms with Crippen molar-refractivity contribution in [3.63, 3.8) is 0 Å². The van der Waals surface area contributed by atoms with Crippen LogP contribution in [0.1, 0.15) is 64.2 Å². The first-order chi connectivity index (χ1) is 9.67. The van der Waals surface area contributed by atoms with Crippen LogP contribution in [0.3, 0.4) is 0 Å².